The third-order valence-corrected chi connectivity index (χ3v) is 3.91. The van der Waals surface area contributed by atoms with Crippen LogP contribution in [0, 0.1) is 12.7 Å². The summed E-state index contributed by atoms with van der Waals surface area (Å²) in [5.41, 5.74) is 1.16. The van der Waals surface area contributed by atoms with E-state index in [4.69, 9.17) is 0 Å². The zero-order valence-electron chi connectivity index (χ0n) is 14.9. The molecule has 0 fully saturated rings. The van der Waals surface area contributed by atoms with Crippen LogP contribution in [0.15, 0.2) is 54.7 Å². The Kier molecular flexibility index (Phi) is 5.40. The lowest BCUT2D eigenvalue weighted by atomic mass is 10.0. The molecule has 0 spiro atoms. The van der Waals surface area contributed by atoms with E-state index in [0.29, 0.717) is 16.8 Å². The van der Waals surface area contributed by atoms with Crippen LogP contribution < -0.4 is 10.1 Å². The van der Waals surface area contributed by atoms with Crippen molar-refractivity contribution >= 4 is 17.3 Å². The lowest BCUT2D eigenvalue weighted by molar-refractivity contribution is -0.274. The van der Waals surface area contributed by atoms with Gasteiger partial charge >= 0.3 is 12.3 Å². The molecule has 2 aromatic carbocycles. The maximum atomic E-state index is 14.6. The number of rotatable bonds is 5. The molecule has 3 aromatic rings. The van der Waals surface area contributed by atoms with Gasteiger partial charge in [0.05, 0.1) is 23.1 Å². The van der Waals surface area contributed by atoms with Gasteiger partial charge in [-0.1, -0.05) is 18.2 Å². The Hall–Kier alpha value is -3.62. The highest BCUT2D eigenvalue weighted by molar-refractivity contribution is 5.95. The fourth-order valence-electron chi connectivity index (χ4n) is 2.65. The van der Waals surface area contributed by atoms with E-state index in [2.05, 4.69) is 15.0 Å². The SMILES string of the molecule is Cc1cc(C(=O)O)c(Nc2ccc(-c3cccc(OC(F)(F)F)c3)cc2F)cn1. The fraction of sp³-hybridized carbons (Fsp3) is 0.100. The van der Waals surface area contributed by atoms with Crippen LogP contribution in [0.5, 0.6) is 5.75 Å². The predicted molar refractivity (Wildman–Crippen MR) is 97.7 cm³/mol. The zero-order chi connectivity index (χ0) is 21.2. The van der Waals surface area contributed by atoms with E-state index in [-0.39, 0.29) is 16.9 Å². The molecule has 150 valence electrons. The van der Waals surface area contributed by atoms with Gasteiger partial charge in [0.2, 0.25) is 0 Å². The molecule has 0 aliphatic heterocycles. The molecule has 0 saturated heterocycles. The summed E-state index contributed by atoms with van der Waals surface area (Å²) in [4.78, 5) is 15.4. The Morgan fingerprint density at radius 2 is 1.79 bits per heavy atom. The van der Waals surface area contributed by atoms with Gasteiger partial charge in [-0.05, 0) is 48.4 Å². The third kappa shape index (κ3) is 5.01. The molecular formula is C20H14F4N2O3. The summed E-state index contributed by atoms with van der Waals surface area (Å²) in [5.74, 6) is -2.34. The molecule has 0 radical (unpaired) electrons. The van der Waals surface area contributed by atoms with Gasteiger partial charge in [-0.2, -0.15) is 0 Å². The monoisotopic (exact) mass is 406 g/mol. The molecule has 0 atom stereocenters. The Balaban J connectivity index is 1.89. The normalized spacial score (nSPS) is 11.2. The van der Waals surface area contributed by atoms with Crippen LogP contribution in [-0.2, 0) is 0 Å². The first-order valence-corrected chi connectivity index (χ1v) is 8.25. The topological polar surface area (TPSA) is 71.5 Å². The summed E-state index contributed by atoms with van der Waals surface area (Å²) in [5, 5.41) is 12.0. The Labute approximate surface area is 162 Å². The van der Waals surface area contributed by atoms with E-state index in [0.717, 1.165) is 18.2 Å². The summed E-state index contributed by atoms with van der Waals surface area (Å²) in [6.45, 7) is 1.63. The maximum absolute atomic E-state index is 14.6. The highest BCUT2D eigenvalue weighted by Gasteiger charge is 2.31. The van der Waals surface area contributed by atoms with Crippen LogP contribution in [0.25, 0.3) is 11.1 Å². The molecule has 0 unspecified atom stereocenters. The van der Waals surface area contributed by atoms with E-state index < -0.39 is 23.9 Å². The van der Waals surface area contributed by atoms with Crippen LogP contribution >= 0.6 is 0 Å². The first kappa shape index (κ1) is 20.1. The number of carboxylic acid groups (broad SMARTS) is 1. The van der Waals surface area contributed by atoms with E-state index in [1.165, 1.54) is 36.5 Å². The van der Waals surface area contributed by atoms with Crippen molar-refractivity contribution in [3.05, 3.63) is 71.8 Å². The van der Waals surface area contributed by atoms with Crippen LogP contribution in [0.1, 0.15) is 16.1 Å². The molecule has 0 amide bonds. The summed E-state index contributed by atoms with van der Waals surface area (Å²) in [7, 11) is 0. The van der Waals surface area contributed by atoms with Crippen molar-refractivity contribution in [2.24, 2.45) is 0 Å². The number of halogens is 4. The van der Waals surface area contributed by atoms with Crippen LogP contribution in [0.3, 0.4) is 0 Å². The standard InChI is InChI=1S/C20H14F4N2O3/c1-11-7-15(19(27)28)18(10-25-11)26-17-6-5-13(9-16(17)21)12-3-2-4-14(8-12)29-20(22,23)24/h2-10,26H,1H3,(H,27,28). The summed E-state index contributed by atoms with van der Waals surface area (Å²) in [6.07, 6.45) is -3.55. The van der Waals surface area contributed by atoms with E-state index in [9.17, 15) is 27.5 Å². The average molecular weight is 406 g/mol. The minimum Gasteiger partial charge on any atom is -0.478 e. The number of anilines is 2. The minimum absolute atomic E-state index is 0.00963. The number of aryl methyl sites for hydroxylation is 1. The maximum Gasteiger partial charge on any atom is 0.573 e. The summed E-state index contributed by atoms with van der Waals surface area (Å²) < 4.78 is 55.6. The number of nitrogens with zero attached hydrogens (tertiary/aromatic N) is 1. The van der Waals surface area contributed by atoms with Crippen molar-refractivity contribution in [1.82, 2.24) is 4.98 Å². The van der Waals surface area contributed by atoms with Crippen molar-refractivity contribution in [2.45, 2.75) is 13.3 Å². The number of alkyl halides is 3. The smallest absolute Gasteiger partial charge is 0.478 e. The molecule has 3 rings (SSSR count). The number of pyridine rings is 1. The Morgan fingerprint density at radius 3 is 2.45 bits per heavy atom. The molecule has 1 heterocycles. The lowest BCUT2D eigenvalue weighted by Gasteiger charge is -2.13. The molecule has 9 heteroatoms. The number of hydrogen-bond donors (Lipinski definition) is 2. The van der Waals surface area contributed by atoms with Crippen LogP contribution in [0.4, 0.5) is 28.9 Å². The number of benzene rings is 2. The number of nitrogens with one attached hydrogen (secondary N) is 1. The number of carbonyl (C=O) groups is 1. The molecule has 1 aromatic heterocycles. The summed E-state index contributed by atoms with van der Waals surface area (Å²) >= 11 is 0. The van der Waals surface area contributed by atoms with Gasteiger partial charge < -0.3 is 15.2 Å². The lowest BCUT2D eigenvalue weighted by Crippen LogP contribution is -2.17. The first-order valence-electron chi connectivity index (χ1n) is 8.25. The molecule has 0 aliphatic rings. The summed E-state index contributed by atoms with van der Waals surface area (Å²) in [6, 6.07) is 10.5. The zero-order valence-corrected chi connectivity index (χ0v) is 14.9. The van der Waals surface area contributed by atoms with E-state index in [1.807, 2.05) is 0 Å². The molecule has 0 saturated carbocycles. The first-order chi connectivity index (χ1) is 13.6. The molecule has 5 nitrogen and oxygen atoms in total. The van der Waals surface area contributed by atoms with Gasteiger partial charge in [0.15, 0.2) is 0 Å². The number of carboxylic acids is 1. The van der Waals surface area contributed by atoms with Crippen LogP contribution in [-0.4, -0.2) is 22.4 Å². The van der Waals surface area contributed by atoms with Crippen molar-refractivity contribution in [3.63, 3.8) is 0 Å². The van der Waals surface area contributed by atoms with Crippen molar-refractivity contribution in [1.29, 1.82) is 0 Å². The molecule has 2 N–H and O–H groups in total. The second-order valence-corrected chi connectivity index (χ2v) is 6.07. The average Bonchev–Trinajstić information content (AvgIpc) is 2.63. The second-order valence-electron chi connectivity index (χ2n) is 6.07. The van der Waals surface area contributed by atoms with Gasteiger partial charge in [0.25, 0.3) is 0 Å². The molecule has 29 heavy (non-hydrogen) atoms. The van der Waals surface area contributed by atoms with E-state index in [1.54, 1.807) is 6.92 Å². The van der Waals surface area contributed by atoms with Crippen molar-refractivity contribution in [2.75, 3.05) is 5.32 Å². The van der Waals surface area contributed by atoms with Crippen LogP contribution in [0.2, 0.25) is 0 Å². The van der Waals surface area contributed by atoms with Crippen molar-refractivity contribution < 1.29 is 32.2 Å². The third-order valence-electron chi connectivity index (χ3n) is 3.91. The number of hydrogen-bond acceptors (Lipinski definition) is 4. The van der Waals surface area contributed by atoms with Gasteiger partial charge in [-0.25, -0.2) is 9.18 Å². The Bertz CT molecular complexity index is 1070. The van der Waals surface area contributed by atoms with Gasteiger partial charge in [-0.3, -0.25) is 4.98 Å². The minimum atomic E-state index is -4.83. The van der Waals surface area contributed by atoms with Gasteiger partial charge in [-0.15, -0.1) is 13.2 Å². The van der Waals surface area contributed by atoms with E-state index >= 15 is 0 Å². The van der Waals surface area contributed by atoms with Gasteiger partial charge in [0.1, 0.15) is 11.6 Å². The predicted octanol–water partition coefficient (Wildman–Crippen LogP) is 5.54. The Morgan fingerprint density at radius 1 is 1.07 bits per heavy atom. The highest BCUT2D eigenvalue weighted by atomic mass is 19.4. The largest absolute Gasteiger partial charge is 0.573 e. The van der Waals surface area contributed by atoms with Crippen molar-refractivity contribution in [3.8, 4) is 16.9 Å². The number of ether oxygens (including phenoxy) is 1. The fourth-order valence-corrected chi connectivity index (χ4v) is 2.65. The second kappa shape index (κ2) is 7.78. The molecular weight excluding hydrogens is 392 g/mol. The molecule has 0 aliphatic carbocycles. The number of aromatic nitrogens is 1. The van der Waals surface area contributed by atoms with Gasteiger partial charge in [0, 0.05) is 5.69 Å². The quantitative estimate of drug-likeness (QED) is 0.545. The highest BCUT2D eigenvalue weighted by Crippen LogP contribution is 2.31. The molecule has 0 bridgehead atoms. The number of aromatic carboxylic acids is 1.